The maximum absolute atomic E-state index is 13.2. The summed E-state index contributed by atoms with van der Waals surface area (Å²) in [7, 11) is 2.04. The first kappa shape index (κ1) is 27.8. The maximum Gasteiger partial charge on any atom is 0.256 e. The van der Waals surface area contributed by atoms with Crippen molar-refractivity contribution < 1.29 is 14.4 Å². The topological polar surface area (TPSA) is 94.6 Å². The molecule has 40 heavy (non-hydrogen) atoms. The number of thioether (sulfide) groups is 1. The fraction of sp³-hybridized carbons (Fsp3) is 0.267. The normalized spacial score (nSPS) is 13.8. The highest BCUT2D eigenvalue weighted by Gasteiger charge is 2.24. The smallest absolute Gasteiger partial charge is 0.256 e. The third-order valence-corrected chi connectivity index (χ3v) is 9.10. The molecule has 0 radical (unpaired) electrons. The van der Waals surface area contributed by atoms with Crippen LogP contribution in [0.15, 0.2) is 65.0 Å². The van der Waals surface area contributed by atoms with Gasteiger partial charge < -0.3 is 20.4 Å². The van der Waals surface area contributed by atoms with Crippen LogP contribution in [0.4, 0.5) is 11.4 Å². The van der Waals surface area contributed by atoms with Gasteiger partial charge in [-0.2, -0.15) is 0 Å². The monoisotopic (exact) mass is 573 g/mol. The molecule has 5 rings (SSSR count). The second-order valence-corrected chi connectivity index (χ2v) is 12.1. The molecule has 0 atom stereocenters. The molecule has 2 N–H and O–H groups in total. The molecule has 2 heterocycles. The number of fused-ring (bicyclic) bond motifs is 1. The van der Waals surface area contributed by atoms with Gasteiger partial charge in [0.2, 0.25) is 5.91 Å². The highest BCUT2D eigenvalue weighted by Crippen LogP contribution is 2.31. The number of hydrogen-bond donors (Lipinski definition) is 2. The molecule has 1 fully saturated rings. The molecule has 1 aliphatic heterocycles. The third kappa shape index (κ3) is 6.52. The molecule has 10 heteroatoms. The Morgan fingerprint density at radius 3 is 2.33 bits per heavy atom. The fourth-order valence-corrected chi connectivity index (χ4v) is 6.34. The number of carbonyl (C=O) groups is 3. The third-order valence-electron chi connectivity index (χ3n) is 6.94. The molecule has 0 bridgehead atoms. The number of piperazine rings is 1. The first-order valence-corrected chi connectivity index (χ1v) is 14.9. The number of benzene rings is 3. The molecular weight excluding hydrogens is 542 g/mol. The number of aryl methyl sites for hydroxylation is 2. The number of nitrogens with one attached hydrogen (secondary N) is 2. The Morgan fingerprint density at radius 1 is 0.875 bits per heavy atom. The van der Waals surface area contributed by atoms with Gasteiger partial charge in [-0.3, -0.25) is 14.4 Å². The highest BCUT2D eigenvalue weighted by atomic mass is 32.2. The van der Waals surface area contributed by atoms with E-state index >= 15 is 0 Å². The van der Waals surface area contributed by atoms with Crippen molar-refractivity contribution in [1.29, 1.82) is 0 Å². The minimum absolute atomic E-state index is 0.0924. The lowest BCUT2D eigenvalue weighted by Gasteiger charge is -2.32. The van der Waals surface area contributed by atoms with Crippen LogP contribution in [0, 0.1) is 13.8 Å². The first-order valence-electron chi connectivity index (χ1n) is 13.1. The SMILES string of the molecule is Cc1ccc(NC(=O)CSc2nc3ccc(NC(=O)c4ccccc4C(=O)N4CCN(C)CC4)cc3s2)cc1C. The van der Waals surface area contributed by atoms with Crippen LogP contribution in [0.2, 0.25) is 0 Å². The predicted molar refractivity (Wildman–Crippen MR) is 163 cm³/mol. The summed E-state index contributed by atoms with van der Waals surface area (Å²) in [5.41, 5.74) is 5.26. The average Bonchev–Trinajstić information content (AvgIpc) is 3.36. The van der Waals surface area contributed by atoms with E-state index in [-0.39, 0.29) is 23.5 Å². The Labute approximate surface area is 241 Å². The van der Waals surface area contributed by atoms with Gasteiger partial charge in [-0.25, -0.2) is 4.98 Å². The van der Waals surface area contributed by atoms with Gasteiger partial charge >= 0.3 is 0 Å². The van der Waals surface area contributed by atoms with E-state index in [1.54, 1.807) is 35.2 Å². The van der Waals surface area contributed by atoms with Crippen LogP contribution in [0.1, 0.15) is 31.8 Å². The summed E-state index contributed by atoms with van der Waals surface area (Å²) in [5, 5.41) is 5.88. The summed E-state index contributed by atoms with van der Waals surface area (Å²) >= 11 is 2.85. The molecule has 1 aromatic heterocycles. The second-order valence-electron chi connectivity index (χ2n) is 9.89. The molecule has 0 saturated carbocycles. The van der Waals surface area contributed by atoms with Crippen LogP contribution in [-0.2, 0) is 4.79 Å². The Kier molecular flexibility index (Phi) is 8.49. The number of carbonyl (C=O) groups excluding carboxylic acids is 3. The molecule has 206 valence electrons. The number of nitrogens with zero attached hydrogens (tertiary/aromatic N) is 3. The Hall–Kier alpha value is -3.73. The van der Waals surface area contributed by atoms with Crippen molar-refractivity contribution in [3.05, 3.63) is 82.9 Å². The van der Waals surface area contributed by atoms with Crippen LogP contribution in [-0.4, -0.2) is 71.5 Å². The zero-order chi connectivity index (χ0) is 28.2. The van der Waals surface area contributed by atoms with E-state index in [1.165, 1.54) is 28.7 Å². The van der Waals surface area contributed by atoms with Gasteiger partial charge in [0.15, 0.2) is 4.34 Å². The summed E-state index contributed by atoms with van der Waals surface area (Å²) in [4.78, 5) is 47.5. The van der Waals surface area contributed by atoms with Crippen LogP contribution in [0.3, 0.4) is 0 Å². The Bertz CT molecular complexity index is 1580. The molecule has 0 spiro atoms. The molecule has 3 amide bonds. The summed E-state index contributed by atoms with van der Waals surface area (Å²) in [6.07, 6.45) is 0. The van der Waals surface area contributed by atoms with E-state index in [1.807, 2.05) is 51.2 Å². The number of hydrogen-bond acceptors (Lipinski definition) is 7. The van der Waals surface area contributed by atoms with E-state index in [4.69, 9.17) is 0 Å². The van der Waals surface area contributed by atoms with Crippen LogP contribution < -0.4 is 10.6 Å². The van der Waals surface area contributed by atoms with E-state index in [0.717, 1.165) is 38.9 Å². The number of rotatable bonds is 7. The lowest BCUT2D eigenvalue weighted by molar-refractivity contribution is -0.113. The molecule has 0 unspecified atom stereocenters. The first-order chi connectivity index (χ1) is 19.3. The largest absolute Gasteiger partial charge is 0.336 e. The molecule has 8 nitrogen and oxygen atoms in total. The summed E-state index contributed by atoms with van der Waals surface area (Å²) < 4.78 is 1.67. The van der Waals surface area contributed by atoms with Gasteiger partial charge in [0.05, 0.1) is 27.1 Å². The van der Waals surface area contributed by atoms with Crippen LogP contribution >= 0.6 is 23.1 Å². The van der Waals surface area contributed by atoms with E-state index in [2.05, 4.69) is 20.5 Å². The zero-order valence-electron chi connectivity index (χ0n) is 22.7. The number of aromatic nitrogens is 1. The number of anilines is 2. The number of thiazole rings is 1. The van der Waals surface area contributed by atoms with E-state index in [9.17, 15) is 14.4 Å². The lowest BCUT2D eigenvalue weighted by atomic mass is 10.0. The van der Waals surface area contributed by atoms with Gasteiger partial charge in [0, 0.05) is 37.6 Å². The second kappa shape index (κ2) is 12.2. The van der Waals surface area contributed by atoms with Crippen molar-refractivity contribution in [1.82, 2.24) is 14.8 Å². The van der Waals surface area contributed by atoms with Crippen molar-refractivity contribution in [3.63, 3.8) is 0 Å². The lowest BCUT2D eigenvalue weighted by Crippen LogP contribution is -2.47. The zero-order valence-corrected chi connectivity index (χ0v) is 24.3. The Morgan fingerprint density at radius 2 is 1.57 bits per heavy atom. The highest BCUT2D eigenvalue weighted by molar-refractivity contribution is 8.01. The van der Waals surface area contributed by atoms with Crippen molar-refractivity contribution in [2.75, 3.05) is 49.6 Å². The molecule has 1 aliphatic rings. The summed E-state index contributed by atoms with van der Waals surface area (Å²) in [6.45, 7) is 6.96. The van der Waals surface area contributed by atoms with Crippen LogP contribution in [0.25, 0.3) is 10.2 Å². The number of amides is 3. The standard InChI is InChI=1S/C30H31N5O3S2/c1-19-8-9-21(16-20(19)2)31-27(36)18-39-30-33-25-11-10-22(17-26(25)40-30)32-28(37)23-6-4-5-7-24(23)29(38)35-14-12-34(3)13-15-35/h4-11,16-17H,12-15,18H2,1-3H3,(H,31,36)(H,32,37). The number of likely N-dealkylation sites (N-methyl/N-ethyl adjacent to an activating group) is 1. The fourth-order valence-electron chi connectivity index (χ4n) is 4.43. The minimum Gasteiger partial charge on any atom is -0.336 e. The van der Waals surface area contributed by atoms with Crippen LogP contribution in [0.5, 0.6) is 0 Å². The molecule has 3 aromatic carbocycles. The van der Waals surface area contributed by atoms with Gasteiger partial charge in [-0.1, -0.05) is 30.0 Å². The van der Waals surface area contributed by atoms with E-state index in [0.29, 0.717) is 29.9 Å². The molecule has 0 aliphatic carbocycles. The van der Waals surface area contributed by atoms with Gasteiger partial charge in [0.25, 0.3) is 11.8 Å². The quantitative estimate of drug-likeness (QED) is 0.292. The predicted octanol–water partition coefficient (Wildman–Crippen LogP) is 5.28. The summed E-state index contributed by atoms with van der Waals surface area (Å²) in [5.74, 6) is -0.307. The Balaban J connectivity index is 1.23. The van der Waals surface area contributed by atoms with Crippen molar-refractivity contribution in [3.8, 4) is 0 Å². The minimum atomic E-state index is -0.334. The molecular formula is C30H31N5O3S2. The van der Waals surface area contributed by atoms with Crippen molar-refractivity contribution in [2.45, 2.75) is 18.2 Å². The van der Waals surface area contributed by atoms with Gasteiger partial charge in [-0.15, -0.1) is 11.3 Å². The van der Waals surface area contributed by atoms with Crippen molar-refractivity contribution in [2.24, 2.45) is 0 Å². The van der Waals surface area contributed by atoms with Crippen molar-refractivity contribution >= 4 is 62.4 Å². The average molecular weight is 574 g/mol. The maximum atomic E-state index is 13.2. The summed E-state index contributed by atoms with van der Waals surface area (Å²) in [6, 6.07) is 18.3. The molecule has 1 saturated heterocycles. The van der Waals surface area contributed by atoms with E-state index < -0.39 is 0 Å². The molecule has 4 aromatic rings. The van der Waals surface area contributed by atoms with Gasteiger partial charge in [-0.05, 0) is 74.5 Å². The van der Waals surface area contributed by atoms with Gasteiger partial charge in [0.1, 0.15) is 0 Å².